The van der Waals surface area contributed by atoms with Crippen molar-refractivity contribution in [3.05, 3.63) is 82.0 Å². The molecule has 1 saturated heterocycles. The van der Waals surface area contributed by atoms with Crippen LogP contribution in [0.3, 0.4) is 0 Å². The van der Waals surface area contributed by atoms with Crippen molar-refractivity contribution in [2.45, 2.75) is 25.9 Å². The molecule has 2 aromatic carbocycles. The number of hydrogen-bond donors (Lipinski definition) is 0. The molecule has 0 atom stereocenters. The van der Waals surface area contributed by atoms with Crippen LogP contribution in [0.25, 0.3) is 21.3 Å². The minimum absolute atomic E-state index is 0.0944. The first-order valence-corrected chi connectivity index (χ1v) is 12.2. The lowest BCUT2D eigenvalue weighted by Crippen LogP contribution is -2.34. The third kappa shape index (κ3) is 4.33. The molecule has 8 heteroatoms. The van der Waals surface area contributed by atoms with Crippen LogP contribution in [-0.4, -0.2) is 40.5 Å². The summed E-state index contributed by atoms with van der Waals surface area (Å²) in [7, 11) is 1.76. The number of fused-ring (bicyclic) bond motifs is 1. The van der Waals surface area contributed by atoms with Crippen molar-refractivity contribution in [1.29, 1.82) is 0 Å². The molecular formula is C26H25FN4O2S. The molecule has 0 bridgehead atoms. The van der Waals surface area contributed by atoms with E-state index in [9.17, 15) is 14.0 Å². The van der Waals surface area contributed by atoms with Gasteiger partial charge in [-0.2, -0.15) is 0 Å². The smallest absolute Gasteiger partial charge is 0.263 e. The Morgan fingerprint density at radius 1 is 1.12 bits per heavy atom. The predicted molar refractivity (Wildman–Crippen MR) is 134 cm³/mol. The van der Waals surface area contributed by atoms with E-state index in [0.717, 1.165) is 24.2 Å². The van der Waals surface area contributed by atoms with Crippen molar-refractivity contribution in [2.75, 3.05) is 25.0 Å². The highest BCUT2D eigenvalue weighted by Crippen LogP contribution is 2.30. The molecule has 2 aromatic heterocycles. The monoisotopic (exact) mass is 476 g/mol. The lowest BCUT2D eigenvalue weighted by atomic mass is 10.1. The van der Waals surface area contributed by atoms with Crippen LogP contribution in [0.2, 0.25) is 0 Å². The zero-order valence-corrected chi connectivity index (χ0v) is 19.7. The summed E-state index contributed by atoms with van der Waals surface area (Å²) in [5.41, 5.74) is 3.43. The number of hydrogen-bond acceptors (Lipinski definition) is 5. The summed E-state index contributed by atoms with van der Waals surface area (Å²) in [5.74, 6) is -0.503. The summed E-state index contributed by atoms with van der Waals surface area (Å²) >= 11 is 1.36. The summed E-state index contributed by atoms with van der Waals surface area (Å²) in [4.78, 5) is 35.3. The van der Waals surface area contributed by atoms with Crippen LogP contribution in [0.4, 0.5) is 10.1 Å². The third-order valence-electron chi connectivity index (χ3n) is 6.29. The van der Waals surface area contributed by atoms with Crippen molar-refractivity contribution in [2.24, 2.45) is 0 Å². The number of benzene rings is 2. The highest BCUT2D eigenvalue weighted by atomic mass is 32.1. The molecule has 1 aliphatic rings. The van der Waals surface area contributed by atoms with E-state index < -0.39 is 0 Å². The number of thiophene rings is 1. The van der Waals surface area contributed by atoms with E-state index in [1.165, 1.54) is 52.9 Å². The molecule has 0 spiro atoms. The van der Waals surface area contributed by atoms with E-state index in [4.69, 9.17) is 0 Å². The standard InChI is InChI=1S/C26H25FN4O2S/c1-29(14-19-6-2-3-7-22(19)30-12-4-5-13-30)23(32)15-31-17-28-25-24(26(31)33)21(16-34-25)18-8-10-20(27)11-9-18/h2-3,6-11,16-17H,4-5,12-15H2,1H3. The number of halogens is 1. The zero-order valence-electron chi connectivity index (χ0n) is 18.9. The molecule has 5 rings (SSSR count). The van der Waals surface area contributed by atoms with Crippen LogP contribution in [0, 0.1) is 5.82 Å². The number of rotatable bonds is 6. The number of para-hydroxylation sites is 1. The minimum atomic E-state index is -0.334. The largest absolute Gasteiger partial charge is 0.371 e. The first-order valence-electron chi connectivity index (χ1n) is 11.3. The molecule has 1 fully saturated rings. The molecule has 1 amide bonds. The average molecular weight is 477 g/mol. The second kappa shape index (κ2) is 9.38. The molecular weight excluding hydrogens is 451 g/mol. The van der Waals surface area contributed by atoms with Gasteiger partial charge in [-0.3, -0.25) is 14.2 Å². The van der Waals surface area contributed by atoms with Gasteiger partial charge in [0.25, 0.3) is 5.56 Å². The van der Waals surface area contributed by atoms with E-state index in [0.29, 0.717) is 22.3 Å². The van der Waals surface area contributed by atoms with Gasteiger partial charge in [0.05, 0.1) is 11.7 Å². The predicted octanol–water partition coefficient (Wildman–Crippen LogP) is 4.52. The highest BCUT2D eigenvalue weighted by Gasteiger charge is 2.19. The average Bonchev–Trinajstić information content (AvgIpc) is 3.52. The number of amides is 1. The van der Waals surface area contributed by atoms with Crippen molar-refractivity contribution in [1.82, 2.24) is 14.5 Å². The second-order valence-corrected chi connectivity index (χ2v) is 9.44. The quantitative estimate of drug-likeness (QED) is 0.411. The Morgan fingerprint density at radius 2 is 1.85 bits per heavy atom. The van der Waals surface area contributed by atoms with Gasteiger partial charge in [-0.1, -0.05) is 30.3 Å². The molecule has 0 aliphatic carbocycles. The normalized spacial score (nSPS) is 13.5. The lowest BCUT2D eigenvalue weighted by molar-refractivity contribution is -0.131. The minimum Gasteiger partial charge on any atom is -0.371 e. The summed E-state index contributed by atoms with van der Waals surface area (Å²) in [6, 6.07) is 14.2. The topological polar surface area (TPSA) is 58.4 Å². The summed E-state index contributed by atoms with van der Waals surface area (Å²) < 4.78 is 14.7. The van der Waals surface area contributed by atoms with Crippen molar-refractivity contribution in [3.8, 4) is 11.1 Å². The Hall–Kier alpha value is -3.52. The van der Waals surface area contributed by atoms with Crippen LogP contribution in [-0.2, 0) is 17.9 Å². The molecule has 1 aliphatic heterocycles. The first-order chi connectivity index (χ1) is 16.5. The molecule has 6 nitrogen and oxygen atoms in total. The van der Waals surface area contributed by atoms with Gasteiger partial charge in [-0.25, -0.2) is 9.37 Å². The van der Waals surface area contributed by atoms with Gasteiger partial charge < -0.3 is 9.80 Å². The fourth-order valence-corrected chi connectivity index (χ4v) is 5.35. The van der Waals surface area contributed by atoms with Crippen LogP contribution in [0.5, 0.6) is 0 Å². The molecule has 0 unspecified atom stereocenters. The Balaban J connectivity index is 1.38. The van der Waals surface area contributed by atoms with E-state index >= 15 is 0 Å². The molecule has 0 radical (unpaired) electrons. The van der Waals surface area contributed by atoms with E-state index in [-0.39, 0.29) is 23.8 Å². The van der Waals surface area contributed by atoms with Gasteiger partial charge in [0, 0.05) is 43.3 Å². The SMILES string of the molecule is CN(Cc1ccccc1N1CCCC1)C(=O)Cn1cnc2scc(-c3ccc(F)cc3)c2c1=O. The molecule has 34 heavy (non-hydrogen) atoms. The summed E-state index contributed by atoms with van der Waals surface area (Å²) in [6.07, 6.45) is 3.80. The Kier molecular flexibility index (Phi) is 6.15. The fourth-order valence-electron chi connectivity index (χ4n) is 4.44. The molecule has 174 valence electrons. The van der Waals surface area contributed by atoms with Crippen molar-refractivity contribution in [3.63, 3.8) is 0 Å². The Morgan fingerprint density at radius 3 is 2.62 bits per heavy atom. The number of nitrogens with zero attached hydrogens (tertiary/aromatic N) is 4. The maximum atomic E-state index is 13.4. The first kappa shape index (κ1) is 22.3. The lowest BCUT2D eigenvalue weighted by Gasteiger charge is -2.24. The molecule has 0 saturated carbocycles. The van der Waals surface area contributed by atoms with Gasteiger partial charge in [0.15, 0.2) is 0 Å². The number of anilines is 1. The van der Waals surface area contributed by atoms with Gasteiger partial charge in [-0.15, -0.1) is 11.3 Å². The fraction of sp³-hybridized carbons (Fsp3) is 0.269. The maximum absolute atomic E-state index is 13.4. The maximum Gasteiger partial charge on any atom is 0.263 e. The summed E-state index contributed by atoms with van der Waals surface area (Å²) in [6.45, 7) is 2.44. The van der Waals surface area contributed by atoms with Gasteiger partial charge in [0.1, 0.15) is 17.2 Å². The molecule has 3 heterocycles. The zero-order chi connectivity index (χ0) is 23.7. The van der Waals surface area contributed by atoms with Crippen molar-refractivity contribution >= 4 is 33.1 Å². The van der Waals surface area contributed by atoms with Crippen LogP contribution in [0.15, 0.2) is 65.0 Å². The Bertz CT molecular complexity index is 1390. The molecule has 4 aromatic rings. The van der Waals surface area contributed by atoms with Crippen LogP contribution in [0.1, 0.15) is 18.4 Å². The number of carbonyl (C=O) groups excluding carboxylic acids is 1. The van der Waals surface area contributed by atoms with Crippen LogP contribution >= 0.6 is 11.3 Å². The number of aromatic nitrogens is 2. The number of likely N-dealkylation sites (N-methyl/N-ethyl adjacent to an activating group) is 1. The van der Waals surface area contributed by atoms with Gasteiger partial charge in [-0.05, 0) is 42.2 Å². The number of carbonyl (C=O) groups is 1. The van der Waals surface area contributed by atoms with Crippen molar-refractivity contribution < 1.29 is 9.18 Å². The van der Waals surface area contributed by atoms with E-state index in [2.05, 4.69) is 22.0 Å². The van der Waals surface area contributed by atoms with E-state index in [1.807, 2.05) is 17.5 Å². The summed E-state index contributed by atoms with van der Waals surface area (Å²) in [5, 5.41) is 2.30. The third-order valence-corrected chi connectivity index (χ3v) is 7.18. The van der Waals surface area contributed by atoms with Crippen LogP contribution < -0.4 is 10.5 Å². The Labute approximate surface area is 200 Å². The van der Waals surface area contributed by atoms with E-state index in [1.54, 1.807) is 24.1 Å². The highest BCUT2D eigenvalue weighted by molar-refractivity contribution is 7.17. The molecule has 0 N–H and O–H groups in total. The second-order valence-electron chi connectivity index (χ2n) is 8.59. The van der Waals surface area contributed by atoms with Gasteiger partial charge >= 0.3 is 0 Å². The van der Waals surface area contributed by atoms with Gasteiger partial charge in [0.2, 0.25) is 5.91 Å².